The normalized spacial score (nSPS) is 30.8. The van der Waals surface area contributed by atoms with E-state index in [1.807, 2.05) is 0 Å². The lowest BCUT2D eigenvalue weighted by Gasteiger charge is -2.30. The van der Waals surface area contributed by atoms with E-state index in [-0.39, 0.29) is 6.42 Å². The average molecular weight is 182 g/mol. The molecule has 3 aliphatic rings. The van der Waals surface area contributed by atoms with E-state index in [0.717, 1.165) is 0 Å². The Morgan fingerprint density at radius 1 is 0.769 bits per heavy atom. The predicted molar refractivity (Wildman–Crippen MR) is 31.7 cm³/mol. The maximum absolute atomic E-state index is 10.9. The maximum atomic E-state index is 10.9. The molecule has 0 N–H and O–H groups in total. The maximum Gasteiger partial charge on any atom is 0.333 e. The smallest absolute Gasteiger partial charge is 0.333 e. The lowest BCUT2D eigenvalue weighted by atomic mass is 9.86. The number of hydrogen-bond donors (Lipinski definition) is 0. The van der Waals surface area contributed by atoms with Gasteiger partial charge in [0.05, 0.1) is 0 Å². The summed E-state index contributed by atoms with van der Waals surface area (Å²) < 4.78 is 8.21. The van der Waals surface area contributed by atoms with Crippen LogP contribution >= 0.6 is 0 Å². The molecular weight excluding hydrogens is 180 g/mol. The predicted octanol–water partition coefficient (Wildman–Crippen LogP) is -1.47. The Bertz CT molecular complexity index is 339. The molecule has 2 heterocycles. The van der Waals surface area contributed by atoms with Crippen LogP contribution in [0, 0.1) is 10.8 Å². The largest absolute Gasteiger partial charge is 0.391 e. The Morgan fingerprint density at radius 2 is 1.08 bits per heavy atom. The zero-order valence-corrected chi connectivity index (χ0v) is 6.16. The number of carbonyl (C=O) groups is 4. The van der Waals surface area contributed by atoms with E-state index in [1.165, 1.54) is 0 Å². The van der Waals surface area contributed by atoms with Crippen LogP contribution in [0.25, 0.3) is 0 Å². The molecule has 1 saturated carbocycles. The highest BCUT2D eigenvalue weighted by molar-refractivity contribution is 6.32. The SMILES string of the molecule is O=C1OC(=O)C12CC21C(=O)OC1=O. The second kappa shape index (κ2) is 1.39. The highest BCUT2D eigenvalue weighted by Gasteiger charge is 2.95. The van der Waals surface area contributed by atoms with Crippen LogP contribution in [0.15, 0.2) is 0 Å². The van der Waals surface area contributed by atoms with Gasteiger partial charge in [0.25, 0.3) is 0 Å². The number of ether oxygens (including phenoxy) is 2. The van der Waals surface area contributed by atoms with Crippen molar-refractivity contribution in [1.82, 2.24) is 0 Å². The summed E-state index contributed by atoms with van der Waals surface area (Å²) in [7, 11) is 0. The molecule has 6 nitrogen and oxygen atoms in total. The van der Waals surface area contributed by atoms with E-state index >= 15 is 0 Å². The van der Waals surface area contributed by atoms with Gasteiger partial charge >= 0.3 is 23.9 Å². The van der Waals surface area contributed by atoms with Crippen LogP contribution in [0.3, 0.4) is 0 Å². The molecule has 66 valence electrons. The van der Waals surface area contributed by atoms with Crippen LogP contribution in [-0.2, 0) is 28.7 Å². The van der Waals surface area contributed by atoms with Gasteiger partial charge in [0.1, 0.15) is 0 Å². The fourth-order valence-corrected chi connectivity index (χ4v) is 1.93. The highest BCUT2D eigenvalue weighted by atomic mass is 16.6. The molecule has 0 aromatic heterocycles. The summed E-state index contributed by atoms with van der Waals surface area (Å²) in [5.41, 5.74) is -3.00. The van der Waals surface area contributed by atoms with Gasteiger partial charge in [0.2, 0.25) is 0 Å². The molecule has 0 radical (unpaired) electrons. The summed E-state index contributed by atoms with van der Waals surface area (Å²) in [6.45, 7) is 0. The van der Waals surface area contributed by atoms with E-state index in [4.69, 9.17) is 0 Å². The monoisotopic (exact) mass is 182 g/mol. The second-order valence-electron chi connectivity index (χ2n) is 3.34. The Kier molecular flexibility index (Phi) is 0.720. The number of fused-ring (bicyclic) bond motifs is 1. The van der Waals surface area contributed by atoms with Gasteiger partial charge in [-0.05, 0) is 0 Å². The third-order valence-corrected chi connectivity index (χ3v) is 2.90. The quantitative estimate of drug-likeness (QED) is 0.335. The third-order valence-electron chi connectivity index (χ3n) is 2.90. The fraction of sp³-hybridized carbons (Fsp3) is 0.429. The minimum absolute atomic E-state index is 0.0741. The van der Waals surface area contributed by atoms with Crippen LogP contribution in [0.2, 0.25) is 0 Å². The van der Waals surface area contributed by atoms with Crippen molar-refractivity contribution >= 4 is 23.9 Å². The number of hydrogen-bond acceptors (Lipinski definition) is 6. The summed E-state index contributed by atoms with van der Waals surface area (Å²) in [5, 5.41) is 0. The molecule has 0 aromatic rings. The molecule has 0 unspecified atom stereocenters. The Labute approximate surface area is 70.8 Å². The molecule has 0 aromatic carbocycles. The number of carbonyl (C=O) groups excluding carboxylic acids is 4. The standard InChI is InChI=1S/C7H2O6/c8-2-6(3(9)12-2)1-7(6)4(10)13-5(7)11/h1H2. The van der Waals surface area contributed by atoms with Gasteiger partial charge in [-0.2, -0.15) is 0 Å². The van der Waals surface area contributed by atoms with Crippen LogP contribution in [0.5, 0.6) is 0 Å². The molecule has 2 saturated heterocycles. The van der Waals surface area contributed by atoms with Gasteiger partial charge in [0.15, 0.2) is 10.8 Å². The van der Waals surface area contributed by atoms with E-state index < -0.39 is 34.7 Å². The van der Waals surface area contributed by atoms with Crippen LogP contribution in [-0.4, -0.2) is 23.9 Å². The minimum Gasteiger partial charge on any atom is -0.391 e. The van der Waals surface area contributed by atoms with Crippen molar-refractivity contribution < 1.29 is 28.7 Å². The van der Waals surface area contributed by atoms with Crippen molar-refractivity contribution in [2.45, 2.75) is 6.42 Å². The van der Waals surface area contributed by atoms with Gasteiger partial charge in [-0.25, -0.2) is 0 Å². The van der Waals surface area contributed by atoms with Gasteiger partial charge in [-0.15, -0.1) is 0 Å². The molecule has 3 rings (SSSR count). The molecule has 0 atom stereocenters. The molecule has 13 heavy (non-hydrogen) atoms. The summed E-state index contributed by atoms with van der Waals surface area (Å²) in [5.74, 6) is -3.16. The Balaban J connectivity index is 2.09. The molecule has 0 amide bonds. The molecule has 0 bridgehead atoms. The molecule has 3 fully saturated rings. The van der Waals surface area contributed by atoms with Crippen LogP contribution < -0.4 is 0 Å². The lowest BCUT2D eigenvalue weighted by molar-refractivity contribution is -0.205. The van der Waals surface area contributed by atoms with Crippen LogP contribution in [0.1, 0.15) is 6.42 Å². The third kappa shape index (κ3) is 0.376. The first-order chi connectivity index (χ1) is 6.05. The second-order valence-corrected chi connectivity index (χ2v) is 3.34. The average Bonchev–Trinajstić information content (AvgIpc) is 2.81. The van der Waals surface area contributed by atoms with Crippen molar-refractivity contribution in [3.05, 3.63) is 0 Å². The zero-order valence-electron chi connectivity index (χ0n) is 6.16. The van der Waals surface area contributed by atoms with Gasteiger partial charge in [-0.1, -0.05) is 0 Å². The van der Waals surface area contributed by atoms with Crippen LogP contribution in [0.4, 0.5) is 0 Å². The summed E-state index contributed by atoms with van der Waals surface area (Å²) >= 11 is 0. The van der Waals surface area contributed by atoms with Crippen molar-refractivity contribution in [1.29, 1.82) is 0 Å². The topological polar surface area (TPSA) is 86.7 Å². The van der Waals surface area contributed by atoms with Gasteiger partial charge < -0.3 is 9.47 Å². The van der Waals surface area contributed by atoms with Gasteiger partial charge in [-0.3, -0.25) is 19.2 Å². The molecular formula is C7H2O6. The first kappa shape index (κ1) is 6.76. The van der Waals surface area contributed by atoms with Crippen molar-refractivity contribution in [2.24, 2.45) is 10.8 Å². The first-order valence-corrected chi connectivity index (χ1v) is 3.59. The summed E-state index contributed by atoms with van der Waals surface area (Å²) in [6, 6.07) is 0. The zero-order chi connectivity index (χ0) is 9.43. The number of rotatable bonds is 0. The van der Waals surface area contributed by atoms with Gasteiger partial charge in [0, 0.05) is 6.42 Å². The van der Waals surface area contributed by atoms with Crippen molar-refractivity contribution in [3.8, 4) is 0 Å². The molecule has 1 aliphatic carbocycles. The summed E-state index contributed by atoms with van der Waals surface area (Å²) in [4.78, 5) is 43.7. The van der Waals surface area contributed by atoms with E-state index in [1.54, 1.807) is 0 Å². The lowest BCUT2D eigenvalue weighted by Crippen LogP contribution is -2.56. The van der Waals surface area contributed by atoms with Crippen molar-refractivity contribution in [2.75, 3.05) is 0 Å². The Hall–Kier alpha value is -1.72. The fourth-order valence-electron chi connectivity index (χ4n) is 1.93. The summed E-state index contributed by atoms with van der Waals surface area (Å²) in [6.07, 6.45) is -0.0741. The van der Waals surface area contributed by atoms with E-state index in [0.29, 0.717) is 0 Å². The van der Waals surface area contributed by atoms with Crippen molar-refractivity contribution in [3.63, 3.8) is 0 Å². The first-order valence-electron chi connectivity index (χ1n) is 3.59. The number of cyclic esters (lactones) is 4. The highest BCUT2D eigenvalue weighted by Crippen LogP contribution is 2.73. The molecule has 2 aliphatic heterocycles. The minimum atomic E-state index is -1.50. The Morgan fingerprint density at radius 3 is 1.23 bits per heavy atom. The number of esters is 4. The van der Waals surface area contributed by atoms with E-state index in [2.05, 4.69) is 9.47 Å². The molecule has 2 spiro atoms. The van der Waals surface area contributed by atoms with E-state index in [9.17, 15) is 19.2 Å². The molecule has 6 heteroatoms.